The summed E-state index contributed by atoms with van der Waals surface area (Å²) >= 11 is 3.13. The predicted octanol–water partition coefficient (Wildman–Crippen LogP) is 3.04. The SMILES string of the molecule is Oc1c([C@H](C2CCC2)N2CCNCC2)ccc(Br)c1F. The van der Waals surface area contributed by atoms with Crippen LogP contribution in [0, 0.1) is 11.7 Å². The molecule has 2 N–H and O–H groups in total. The molecule has 0 unspecified atom stereocenters. The van der Waals surface area contributed by atoms with E-state index in [1.54, 1.807) is 6.07 Å². The highest BCUT2D eigenvalue weighted by Gasteiger charge is 2.35. The van der Waals surface area contributed by atoms with Crippen LogP contribution in [-0.2, 0) is 0 Å². The monoisotopic (exact) mass is 342 g/mol. The number of piperazine rings is 1. The van der Waals surface area contributed by atoms with Crippen molar-refractivity contribution in [3.63, 3.8) is 0 Å². The minimum absolute atomic E-state index is 0.147. The zero-order chi connectivity index (χ0) is 14.1. The Labute approximate surface area is 127 Å². The van der Waals surface area contributed by atoms with Gasteiger partial charge in [-0.1, -0.05) is 12.5 Å². The largest absolute Gasteiger partial charge is 0.505 e. The molecule has 1 aromatic rings. The summed E-state index contributed by atoms with van der Waals surface area (Å²) in [7, 11) is 0. The van der Waals surface area contributed by atoms with E-state index in [4.69, 9.17) is 0 Å². The van der Waals surface area contributed by atoms with Crippen molar-refractivity contribution in [3.8, 4) is 5.75 Å². The van der Waals surface area contributed by atoms with Crippen molar-refractivity contribution < 1.29 is 9.50 Å². The molecular weight excluding hydrogens is 323 g/mol. The van der Waals surface area contributed by atoms with E-state index in [9.17, 15) is 9.50 Å². The van der Waals surface area contributed by atoms with Gasteiger partial charge in [0.25, 0.3) is 0 Å². The molecule has 2 aliphatic rings. The molecule has 1 heterocycles. The molecule has 0 spiro atoms. The minimum atomic E-state index is -0.540. The van der Waals surface area contributed by atoms with Crippen molar-refractivity contribution in [3.05, 3.63) is 28.0 Å². The average molecular weight is 343 g/mol. The fourth-order valence-electron chi connectivity index (χ4n) is 3.26. The highest BCUT2D eigenvalue weighted by Crippen LogP contribution is 2.45. The van der Waals surface area contributed by atoms with Gasteiger partial charge in [-0.2, -0.15) is 0 Å². The van der Waals surface area contributed by atoms with Gasteiger partial charge >= 0.3 is 0 Å². The molecule has 3 rings (SSSR count). The first kappa shape index (κ1) is 14.3. The van der Waals surface area contributed by atoms with E-state index < -0.39 is 5.82 Å². The van der Waals surface area contributed by atoms with Crippen molar-refractivity contribution in [1.82, 2.24) is 10.2 Å². The Morgan fingerprint density at radius 3 is 2.60 bits per heavy atom. The summed E-state index contributed by atoms with van der Waals surface area (Å²) in [6.07, 6.45) is 3.59. The first-order valence-electron chi connectivity index (χ1n) is 7.30. The van der Waals surface area contributed by atoms with Crippen molar-refractivity contribution >= 4 is 15.9 Å². The number of phenols is 1. The molecule has 2 fully saturated rings. The molecule has 0 radical (unpaired) electrons. The van der Waals surface area contributed by atoms with E-state index in [1.165, 1.54) is 19.3 Å². The van der Waals surface area contributed by atoms with Gasteiger partial charge in [0.15, 0.2) is 11.6 Å². The molecular formula is C15H20BrFN2O. The summed E-state index contributed by atoms with van der Waals surface area (Å²) in [4.78, 5) is 2.39. The maximum Gasteiger partial charge on any atom is 0.179 e. The highest BCUT2D eigenvalue weighted by atomic mass is 79.9. The Morgan fingerprint density at radius 2 is 2.00 bits per heavy atom. The molecule has 0 bridgehead atoms. The quantitative estimate of drug-likeness (QED) is 0.886. The molecule has 1 aliphatic carbocycles. The number of nitrogens with zero attached hydrogens (tertiary/aromatic N) is 1. The topological polar surface area (TPSA) is 35.5 Å². The van der Waals surface area contributed by atoms with Gasteiger partial charge < -0.3 is 10.4 Å². The second kappa shape index (κ2) is 6.00. The number of nitrogens with one attached hydrogen (secondary N) is 1. The molecule has 1 aliphatic heterocycles. The predicted molar refractivity (Wildman–Crippen MR) is 80.3 cm³/mol. The fourth-order valence-corrected chi connectivity index (χ4v) is 3.58. The number of phenolic OH excluding ortho intramolecular Hbond substituents is 1. The third kappa shape index (κ3) is 2.59. The number of halogens is 2. The van der Waals surface area contributed by atoms with Crippen LogP contribution in [-0.4, -0.2) is 36.2 Å². The van der Waals surface area contributed by atoms with Gasteiger partial charge in [0.2, 0.25) is 0 Å². The van der Waals surface area contributed by atoms with Crippen LogP contribution in [0.25, 0.3) is 0 Å². The highest BCUT2D eigenvalue weighted by molar-refractivity contribution is 9.10. The maximum absolute atomic E-state index is 14.0. The Hall–Kier alpha value is -0.650. The summed E-state index contributed by atoms with van der Waals surface area (Å²) in [6, 6.07) is 3.72. The molecule has 20 heavy (non-hydrogen) atoms. The zero-order valence-corrected chi connectivity index (χ0v) is 13.0. The minimum Gasteiger partial charge on any atom is -0.505 e. The van der Waals surface area contributed by atoms with Gasteiger partial charge in [0, 0.05) is 37.8 Å². The number of hydrogen-bond acceptors (Lipinski definition) is 3. The van der Waals surface area contributed by atoms with E-state index in [-0.39, 0.29) is 11.8 Å². The third-order valence-electron chi connectivity index (χ3n) is 4.56. The van der Waals surface area contributed by atoms with Gasteiger partial charge in [0.05, 0.1) is 4.47 Å². The molecule has 110 valence electrons. The van der Waals surface area contributed by atoms with E-state index in [0.717, 1.165) is 31.7 Å². The van der Waals surface area contributed by atoms with E-state index >= 15 is 0 Å². The molecule has 3 nitrogen and oxygen atoms in total. The molecule has 0 aromatic heterocycles. The van der Waals surface area contributed by atoms with Gasteiger partial charge in [-0.25, -0.2) is 4.39 Å². The molecule has 1 saturated carbocycles. The van der Waals surface area contributed by atoms with Gasteiger partial charge in [-0.05, 0) is 40.8 Å². The Balaban J connectivity index is 1.94. The Bertz CT molecular complexity index is 487. The number of hydrogen-bond donors (Lipinski definition) is 2. The maximum atomic E-state index is 14.0. The second-order valence-electron chi connectivity index (χ2n) is 5.72. The summed E-state index contributed by atoms with van der Waals surface area (Å²) in [5, 5.41) is 13.5. The lowest BCUT2D eigenvalue weighted by Gasteiger charge is -2.43. The van der Waals surface area contributed by atoms with Crippen LogP contribution in [0.3, 0.4) is 0 Å². The lowest BCUT2D eigenvalue weighted by atomic mass is 9.76. The molecule has 1 aromatic carbocycles. The summed E-state index contributed by atoms with van der Waals surface area (Å²) < 4.78 is 14.3. The van der Waals surface area contributed by atoms with Gasteiger partial charge in [0.1, 0.15) is 0 Å². The number of aromatic hydroxyl groups is 1. The summed E-state index contributed by atoms with van der Waals surface area (Å²) in [6.45, 7) is 3.84. The third-order valence-corrected chi connectivity index (χ3v) is 5.17. The molecule has 1 atom stereocenters. The van der Waals surface area contributed by atoms with E-state index in [0.29, 0.717) is 10.4 Å². The average Bonchev–Trinajstić information content (AvgIpc) is 2.42. The normalized spacial score (nSPS) is 22.5. The second-order valence-corrected chi connectivity index (χ2v) is 6.58. The smallest absolute Gasteiger partial charge is 0.179 e. The standard InChI is InChI=1S/C15H20BrFN2O/c16-12-5-4-11(15(20)13(12)17)14(10-2-1-3-10)19-8-6-18-7-9-19/h4-5,10,14,18,20H,1-3,6-9H2/t14-/m0/s1. The summed E-state index contributed by atoms with van der Waals surface area (Å²) in [5.74, 6) is -0.184. The number of benzene rings is 1. The lowest BCUT2D eigenvalue weighted by Crippen LogP contribution is -2.47. The molecule has 5 heteroatoms. The Morgan fingerprint density at radius 1 is 1.30 bits per heavy atom. The van der Waals surface area contributed by atoms with Crippen LogP contribution in [0.4, 0.5) is 4.39 Å². The van der Waals surface area contributed by atoms with E-state index in [1.807, 2.05) is 6.07 Å². The molecule has 1 saturated heterocycles. The van der Waals surface area contributed by atoms with Crippen molar-refractivity contribution in [2.24, 2.45) is 5.92 Å². The van der Waals surface area contributed by atoms with Crippen molar-refractivity contribution in [2.75, 3.05) is 26.2 Å². The van der Waals surface area contributed by atoms with Gasteiger partial charge in [-0.15, -0.1) is 0 Å². The molecule has 0 amide bonds. The van der Waals surface area contributed by atoms with Crippen LogP contribution < -0.4 is 5.32 Å². The zero-order valence-electron chi connectivity index (χ0n) is 11.4. The van der Waals surface area contributed by atoms with Gasteiger partial charge in [-0.3, -0.25) is 4.90 Å². The van der Waals surface area contributed by atoms with Crippen LogP contribution in [0.2, 0.25) is 0 Å². The van der Waals surface area contributed by atoms with E-state index in [2.05, 4.69) is 26.1 Å². The first-order valence-corrected chi connectivity index (χ1v) is 8.09. The first-order chi connectivity index (χ1) is 9.68. The summed E-state index contributed by atoms with van der Waals surface area (Å²) in [5.41, 5.74) is 0.748. The van der Waals surface area contributed by atoms with Crippen molar-refractivity contribution in [2.45, 2.75) is 25.3 Å². The van der Waals surface area contributed by atoms with Crippen molar-refractivity contribution in [1.29, 1.82) is 0 Å². The number of rotatable bonds is 3. The fraction of sp³-hybridized carbons (Fsp3) is 0.600. The lowest BCUT2D eigenvalue weighted by molar-refractivity contribution is 0.0815. The van der Waals surface area contributed by atoms with Crippen LogP contribution in [0.15, 0.2) is 16.6 Å². The van der Waals surface area contributed by atoms with Crippen LogP contribution in [0.1, 0.15) is 30.9 Å². The van der Waals surface area contributed by atoms with Crippen LogP contribution >= 0.6 is 15.9 Å². The Kier molecular flexibility index (Phi) is 4.29. The van der Waals surface area contributed by atoms with Crippen LogP contribution in [0.5, 0.6) is 5.75 Å².